The summed E-state index contributed by atoms with van der Waals surface area (Å²) in [6, 6.07) is 4.14. The van der Waals surface area contributed by atoms with Gasteiger partial charge in [0.05, 0.1) is 5.03 Å². The van der Waals surface area contributed by atoms with Crippen LogP contribution in [0.5, 0.6) is 0 Å². The second-order valence-electron chi connectivity index (χ2n) is 4.73. The number of thioether (sulfide) groups is 2. The lowest BCUT2D eigenvalue weighted by Crippen LogP contribution is -2.20. The molecule has 5 heteroatoms. The molecule has 0 spiro atoms. The zero-order valence-electron chi connectivity index (χ0n) is 11.2. The van der Waals surface area contributed by atoms with E-state index in [4.69, 9.17) is 0 Å². The van der Waals surface area contributed by atoms with Crippen LogP contribution in [0.25, 0.3) is 0 Å². The van der Waals surface area contributed by atoms with E-state index in [1.54, 1.807) is 0 Å². The molecule has 0 saturated carbocycles. The van der Waals surface area contributed by atoms with Gasteiger partial charge in [-0.1, -0.05) is 12.8 Å². The van der Waals surface area contributed by atoms with E-state index in [1.807, 2.05) is 18.0 Å². The molecule has 1 aromatic rings. The van der Waals surface area contributed by atoms with Crippen LogP contribution in [0.2, 0.25) is 0 Å². The smallest absolute Gasteiger partial charge is 0.0960 e. The number of aromatic nitrogens is 1. The van der Waals surface area contributed by atoms with Crippen LogP contribution in [0.4, 0.5) is 0 Å². The molecule has 0 atom stereocenters. The van der Waals surface area contributed by atoms with Gasteiger partial charge in [0.2, 0.25) is 0 Å². The summed E-state index contributed by atoms with van der Waals surface area (Å²) in [7, 11) is 0. The first kappa shape index (κ1) is 15.7. The van der Waals surface area contributed by atoms with Gasteiger partial charge >= 0.3 is 0 Å². The van der Waals surface area contributed by atoms with Gasteiger partial charge in [-0.3, -0.25) is 4.90 Å². The number of hydrogen-bond acceptors (Lipinski definition) is 4. The van der Waals surface area contributed by atoms with Crippen LogP contribution < -0.4 is 0 Å². The molecule has 19 heavy (non-hydrogen) atoms. The zero-order valence-corrected chi connectivity index (χ0v) is 14.4. The maximum Gasteiger partial charge on any atom is 0.0960 e. The van der Waals surface area contributed by atoms with Gasteiger partial charge < -0.3 is 0 Å². The molecule has 1 aromatic heterocycles. The molecular weight excluding hydrogens is 340 g/mol. The van der Waals surface area contributed by atoms with Crippen molar-refractivity contribution in [3.8, 4) is 0 Å². The van der Waals surface area contributed by atoms with Crippen LogP contribution in [-0.2, 0) is 0 Å². The molecule has 106 valence electrons. The van der Waals surface area contributed by atoms with Gasteiger partial charge in [0.1, 0.15) is 0 Å². The summed E-state index contributed by atoms with van der Waals surface area (Å²) in [5.41, 5.74) is 0. The summed E-state index contributed by atoms with van der Waals surface area (Å²) in [4.78, 5) is 6.95. The van der Waals surface area contributed by atoms with E-state index in [9.17, 15) is 0 Å². The van der Waals surface area contributed by atoms with Crippen LogP contribution in [0.15, 0.2) is 27.8 Å². The summed E-state index contributed by atoms with van der Waals surface area (Å²) in [6.45, 7) is 2.60. The third kappa shape index (κ3) is 6.52. The van der Waals surface area contributed by atoms with E-state index in [0.717, 1.165) is 9.50 Å². The van der Waals surface area contributed by atoms with Crippen molar-refractivity contribution in [2.75, 3.05) is 30.5 Å². The Morgan fingerprint density at radius 3 is 2.89 bits per heavy atom. The average Bonchev–Trinajstić information content (AvgIpc) is 2.93. The van der Waals surface area contributed by atoms with Crippen molar-refractivity contribution < 1.29 is 0 Å². The highest BCUT2D eigenvalue weighted by molar-refractivity contribution is 9.10. The summed E-state index contributed by atoms with van der Waals surface area (Å²) in [5.74, 6) is 3.77. The minimum absolute atomic E-state index is 1.05. The Hall–Kier alpha value is 0.290. The van der Waals surface area contributed by atoms with E-state index in [2.05, 4.69) is 49.7 Å². The normalized spacial score (nSPS) is 16.1. The summed E-state index contributed by atoms with van der Waals surface area (Å²) < 4.78 is 1.05. The highest BCUT2D eigenvalue weighted by Gasteiger charge is 2.10. The Kier molecular flexibility index (Phi) is 7.65. The summed E-state index contributed by atoms with van der Waals surface area (Å²) in [5, 5.41) is 1.14. The van der Waals surface area contributed by atoms with E-state index in [-0.39, 0.29) is 0 Å². The Bertz CT molecular complexity index is 353. The Morgan fingerprint density at radius 1 is 1.26 bits per heavy atom. The van der Waals surface area contributed by atoms with Crippen molar-refractivity contribution in [3.05, 3.63) is 22.8 Å². The Morgan fingerprint density at radius 2 is 2.16 bits per heavy atom. The van der Waals surface area contributed by atoms with E-state index in [1.165, 1.54) is 56.2 Å². The van der Waals surface area contributed by atoms with Crippen molar-refractivity contribution in [2.24, 2.45) is 0 Å². The lowest BCUT2D eigenvalue weighted by Gasteiger charge is -2.12. The van der Waals surface area contributed by atoms with Gasteiger partial charge in [-0.15, -0.1) is 23.5 Å². The van der Waals surface area contributed by atoms with Gasteiger partial charge in [-0.25, -0.2) is 4.98 Å². The second kappa shape index (κ2) is 9.27. The molecule has 0 aromatic carbocycles. The van der Waals surface area contributed by atoms with Crippen molar-refractivity contribution in [1.82, 2.24) is 9.88 Å². The highest BCUT2D eigenvalue weighted by Crippen LogP contribution is 2.19. The van der Waals surface area contributed by atoms with Crippen LogP contribution in [-0.4, -0.2) is 40.4 Å². The Labute approximate surface area is 133 Å². The molecule has 1 aliphatic rings. The minimum Gasteiger partial charge on any atom is -0.293 e. The van der Waals surface area contributed by atoms with Gasteiger partial charge in [-0.2, -0.15) is 0 Å². The molecular formula is C14H21BrN2S2. The fourth-order valence-electron chi connectivity index (χ4n) is 2.04. The number of halogens is 1. The van der Waals surface area contributed by atoms with Gasteiger partial charge in [-0.05, 0) is 53.2 Å². The quantitative estimate of drug-likeness (QED) is 0.500. The molecule has 1 aliphatic heterocycles. The molecule has 1 saturated heterocycles. The molecule has 1 fully saturated rings. The third-order valence-electron chi connectivity index (χ3n) is 3.14. The van der Waals surface area contributed by atoms with E-state index < -0.39 is 0 Å². The molecule has 0 bridgehead atoms. The number of rotatable bonds is 8. The first-order valence-corrected chi connectivity index (χ1v) is 9.82. The first-order valence-electron chi connectivity index (χ1n) is 6.89. The van der Waals surface area contributed by atoms with Gasteiger partial charge in [0.15, 0.2) is 0 Å². The van der Waals surface area contributed by atoms with Gasteiger partial charge in [0, 0.05) is 28.8 Å². The lowest BCUT2D eigenvalue weighted by molar-refractivity contribution is 0.344. The fourth-order valence-corrected chi connectivity index (χ4v) is 4.16. The minimum atomic E-state index is 1.05. The number of unbranched alkanes of at least 4 members (excludes halogenated alkanes) is 3. The molecule has 2 rings (SSSR count). The van der Waals surface area contributed by atoms with Gasteiger partial charge in [0.25, 0.3) is 0 Å². The third-order valence-corrected chi connectivity index (χ3v) is 5.66. The Balaban J connectivity index is 1.44. The highest BCUT2D eigenvalue weighted by atomic mass is 79.9. The summed E-state index contributed by atoms with van der Waals surface area (Å²) >= 11 is 7.34. The van der Waals surface area contributed by atoms with Crippen molar-refractivity contribution in [2.45, 2.75) is 30.7 Å². The van der Waals surface area contributed by atoms with E-state index in [0.29, 0.717) is 0 Å². The molecule has 0 N–H and O–H groups in total. The van der Waals surface area contributed by atoms with Crippen LogP contribution in [0.1, 0.15) is 25.7 Å². The molecule has 0 radical (unpaired) electrons. The maximum absolute atomic E-state index is 4.37. The second-order valence-corrected chi connectivity index (χ2v) is 7.84. The SMILES string of the molecule is Brc1ccc(SCCCCCCN2CCSC2)nc1. The number of nitrogens with zero attached hydrogens (tertiary/aromatic N) is 2. The average molecular weight is 361 g/mol. The molecule has 2 nitrogen and oxygen atoms in total. The van der Waals surface area contributed by atoms with Crippen molar-refractivity contribution in [3.63, 3.8) is 0 Å². The standard InChI is InChI=1S/C14H21BrN2S2/c15-13-5-6-14(16-11-13)19-9-4-2-1-3-7-17-8-10-18-12-17/h5-6,11H,1-4,7-10,12H2. The fraction of sp³-hybridized carbons (Fsp3) is 0.643. The number of hydrogen-bond donors (Lipinski definition) is 0. The molecule has 2 heterocycles. The molecule has 0 aliphatic carbocycles. The van der Waals surface area contributed by atoms with Crippen LogP contribution in [0.3, 0.4) is 0 Å². The molecule has 0 unspecified atom stereocenters. The van der Waals surface area contributed by atoms with Crippen molar-refractivity contribution >= 4 is 39.5 Å². The number of pyridine rings is 1. The molecule has 0 amide bonds. The largest absolute Gasteiger partial charge is 0.293 e. The zero-order chi connectivity index (χ0) is 13.3. The lowest BCUT2D eigenvalue weighted by atomic mass is 10.2. The predicted molar refractivity (Wildman–Crippen MR) is 90.0 cm³/mol. The van der Waals surface area contributed by atoms with Crippen molar-refractivity contribution in [1.29, 1.82) is 0 Å². The van der Waals surface area contributed by atoms with E-state index >= 15 is 0 Å². The monoisotopic (exact) mass is 360 g/mol. The summed E-state index contributed by atoms with van der Waals surface area (Å²) in [6.07, 6.45) is 7.26. The van der Waals surface area contributed by atoms with Crippen LogP contribution >= 0.6 is 39.5 Å². The first-order chi connectivity index (χ1) is 9.34. The topological polar surface area (TPSA) is 16.1 Å². The predicted octanol–water partition coefficient (Wildman–Crippen LogP) is 4.50. The van der Waals surface area contributed by atoms with Crippen LogP contribution in [0, 0.1) is 0 Å². The maximum atomic E-state index is 4.37.